The van der Waals surface area contributed by atoms with E-state index in [1.165, 1.54) is 5.56 Å². The Kier molecular flexibility index (Phi) is 4.01. The maximum atomic E-state index is 10.9. The number of aliphatic hydroxyl groups is 2. The van der Waals surface area contributed by atoms with Gasteiger partial charge in [0.1, 0.15) is 5.75 Å². The summed E-state index contributed by atoms with van der Waals surface area (Å²) in [4.78, 5) is 0. The second-order valence-corrected chi connectivity index (χ2v) is 8.56. The number of hydrogen-bond donors (Lipinski definition) is 3. The molecule has 1 aromatic carbocycles. The van der Waals surface area contributed by atoms with Crippen LogP contribution in [0.1, 0.15) is 69.6 Å². The Balaban J connectivity index is 2.18. The Morgan fingerprint density at radius 1 is 1.22 bits per heavy atom. The van der Waals surface area contributed by atoms with Crippen LogP contribution in [-0.4, -0.2) is 28.0 Å². The van der Waals surface area contributed by atoms with Gasteiger partial charge in [0.2, 0.25) is 0 Å². The average molecular weight is 318 g/mol. The van der Waals surface area contributed by atoms with E-state index in [0.29, 0.717) is 12.2 Å². The lowest BCUT2D eigenvalue weighted by molar-refractivity contribution is -0.0847. The minimum Gasteiger partial charge on any atom is -0.508 e. The SMILES string of the molecule is CC(C)c1cc2c(cc1O)C[C@@H](O)[C@H]1[C@@](C)(CO)CCC[C@]21C. The van der Waals surface area contributed by atoms with Crippen molar-refractivity contribution in [3.05, 3.63) is 28.8 Å². The van der Waals surface area contributed by atoms with Crippen molar-refractivity contribution in [2.45, 2.75) is 70.8 Å². The summed E-state index contributed by atoms with van der Waals surface area (Å²) in [5.41, 5.74) is 2.95. The van der Waals surface area contributed by atoms with Crippen molar-refractivity contribution >= 4 is 0 Å². The van der Waals surface area contributed by atoms with Crippen LogP contribution in [0, 0.1) is 11.3 Å². The lowest BCUT2D eigenvalue weighted by Crippen LogP contribution is -2.56. The molecule has 2 aliphatic rings. The summed E-state index contributed by atoms with van der Waals surface area (Å²) in [5, 5.41) is 31.2. The van der Waals surface area contributed by atoms with E-state index in [0.717, 1.165) is 30.4 Å². The highest BCUT2D eigenvalue weighted by Gasteiger charge is 2.55. The molecule has 0 spiro atoms. The molecule has 1 saturated carbocycles. The van der Waals surface area contributed by atoms with Crippen molar-refractivity contribution in [3.63, 3.8) is 0 Å². The van der Waals surface area contributed by atoms with Gasteiger partial charge in [-0.25, -0.2) is 0 Å². The second-order valence-electron chi connectivity index (χ2n) is 8.56. The lowest BCUT2D eigenvalue weighted by atomic mass is 9.49. The predicted octanol–water partition coefficient (Wildman–Crippen LogP) is 3.49. The van der Waals surface area contributed by atoms with E-state index in [2.05, 4.69) is 33.8 Å². The van der Waals surface area contributed by atoms with Crippen LogP contribution in [0.2, 0.25) is 0 Å². The van der Waals surface area contributed by atoms with Crippen LogP contribution in [0.4, 0.5) is 0 Å². The molecule has 0 aromatic heterocycles. The van der Waals surface area contributed by atoms with Gasteiger partial charge in [-0.15, -0.1) is 0 Å². The maximum Gasteiger partial charge on any atom is 0.119 e. The fraction of sp³-hybridized carbons (Fsp3) is 0.700. The summed E-state index contributed by atoms with van der Waals surface area (Å²) in [5.74, 6) is 0.668. The highest BCUT2D eigenvalue weighted by molar-refractivity contribution is 5.49. The molecule has 128 valence electrons. The summed E-state index contributed by atoms with van der Waals surface area (Å²) >= 11 is 0. The molecular weight excluding hydrogens is 288 g/mol. The Hall–Kier alpha value is -1.06. The molecule has 1 aromatic rings. The molecule has 3 N–H and O–H groups in total. The van der Waals surface area contributed by atoms with Crippen molar-refractivity contribution in [3.8, 4) is 5.75 Å². The minimum atomic E-state index is -0.464. The molecule has 0 unspecified atom stereocenters. The molecule has 0 aliphatic heterocycles. The molecule has 3 rings (SSSR count). The van der Waals surface area contributed by atoms with Gasteiger partial charge in [-0.1, -0.05) is 40.2 Å². The third kappa shape index (κ3) is 2.40. The first kappa shape index (κ1) is 16.8. The van der Waals surface area contributed by atoms with Gasteiger partial charge >= 0.3 is 0 Å². The standard InChI is InChI=1S/C20H30O3/c1-12(2)14-10-15-13(8-16(14)22)9-17(23)18-19(3,11-21)6-5-7-20(15,18)4/h8,10,12,17-18,21-23H,5-7,9,11H2,1-4H3/t17-,18+,19-,20-/m1/s1. The topological polar surface area (TPSA) is 60.7 Å². The Morgan fingerprint density at radius 2 is 1.91 bits per heavy atom. The van der Waals surface area contributed by atoms with Crippen LogP contribution in [0.3, 0.4) is 0 Å². The Bertz CT molecular complexity index is 609. The monoisotopic (exact) mass is 318 g/mol. The van der Waals surface area contributed by atoms with Gasteiger partial charge in [-0.2, -0.15) is 0 Å². The smallest absolute Gasteiger partial charge is 0.119 e. The molecule has 1 fully saturated rings. The van der Waals surface area contributed by atoms with Crippen LogP contribution < -0.4 is 0 Å². The number of aromatic hydroxyl groups is 1. The maximum absolute atomic E-state index is 10.9. The number of phenols is 1. The van der Waals surface area contributed by atoms with Gasteiger partial charge < -0.3 is 15.3 Å². The van der Waals surface area contributed by atoms with Gasteiger partial charge in [0.15, 0.2) is 0 Å². The molecule has 4 atom stereocenters. The normalized spacial score (nSPS) is 36.7. The summed E-state index contributed by atoms with van der Waals surface area (Å²) in [6.45, 7) is 8.67. The molecule has 3 nitrogen and oxygen atoms in total. The molecule has 0 radical (unpaired) electrons. The van der Waals surface area contributed by atoms with Crippen molar-refractivity contribution in [1.29, 1.82) is 0 Å². The van der Waals surface area contributed by atoms with Crippen LogP contribution in [0.25, 0.3) is 0 Å². The summed E-state index contributed by atoms with van der Waals surface area (Å²) in [7, 11) is 0. The number of phenolic OH excluding ortho intramolecular Hbond substituents is 1. The molecule has 0 bridgehead atoms. The minimum absolute atomic E-state index is 0.0609. The predicted molar refractivity (Wildman–Crippen MR) is 91.8 cm³/mol. The van der Waals surface area contributed by atoms with E-state index >= 15 is 0 Å². The third-order valence-corrected chi connectivity index (χ3v) is 6.55. The van der Waals surface area contributed by atoms with Gasteiger partial charge in [-0.05, 0) is 58.8 Å². The van der Waals surface area contributed by atoms with Crippen LogP contribution in [0.5, 0.6) is 5.75 Å². The molecular formula is C20H30O3. The first-order chi connectivity index (χ1) is 10.7. The van der Waals surface area contributed by atoms with E-state index in [1.807, 2.05) is 6.07 Å². The fourth-order valence-corrected chi connectivity index (χ4v) is 5.46. The Labute approximate surface area is 139 Å². The van der Waals surface area contributed by atoms with Crippen LogP contribution >= 0.6 is 0 Å². The van der Waals surface area contributed by atoms with E-state index < -0.39 is 6.10 Å². The number of fused-ring (bicyclic) bond motifs is 3. The van der Waals surface area contributed by atoms with Crippen LogP contribution in [0.15, 0.2) is 12.1 Å². The molecule has 0 amide bonds. The highest BCUT2D eigenvalue weighted by atomic mass is 16.3. The van der Waals surface area contributed by atoms with Crippen molar-refractivity contribution in [1.82, 2.24) is 0 Å². The van der Waals surface area contributed by atoms with Crippen molar-refractivity contribution < 1.29 is 15.3 Å². The molecule has 0 saturated heterocycles. The van der Waals surface area contributed by atoms with E-state index in [-0.39, 0.29) is 29.3 Å². The zero-order valence-corrected chi connectivity index (χ0v) is 14.8. The molecule has 0 heterocycles. The second kappa shape index (κ2) is 5.49. The lowest BCUT2D eigenvalue weighted by Gasteiger charge is -2.56. The Morgan fingerprint density at radius 3 is 2.52 bits per heavy atom. The number of hydrogen-bond acceptors (Lipinski definition) is 3. The average Bonchev–Trinajstić information content (AvgIpc) is 2.45. The number of benzene rings is 1. The van der Waals surface area contributed by atoms with Gasteiger partial charge in [0.05, 0.1) is 6.10 Å². The summed E-state index contributed by atoms with van der Waals surface area (Å²) in [6, 6.07) is 4.03. The fourth-order valence-electron chi connectivity index (χ4n) is 5.46. The quantitative estimate of drug-likeness (QED) is 0.782. The number of aliphatic hydroxyl groups excluding tert-OH is 2. The summed E-state index contributed by atoms with van der Waals surface area (Å²) in [6.07, 6.45) is 3.16. The third-order valence-electron chi connectivity index (χ3n) is 6.55. The summed E-state index contributed by atoms with van der Waals surface area (Å²) < 4.78 is 0. The van der Waals surface area contributed by atoms with Crippen LogP contribution in [-0.2, 0) is 11.8 Å². The largest absolute Gasteiger partial charge is 0.508 e. The molecule has 2 aliphatic carbocycles. The van der Waals surface area contributed by atoms with Crippen molar-refractivity contribution in [2.75, 3.05) is 6.61 Å². The van der Waals surface area contributed by atoms with Gasteiger partial charge in [-0.3, -0.25) is 0 Å². The first-order valence-corrected chi connectivity index (χ1v) is 8.88. The zero-order chi connectivity index (χ0) is 17.0. The molecule has 23 heavy (non-hydrogen) atoms. The highest BCUT2D eigenvalue weighted by Crippen LogP contribution is 2.57. The van der Waals surface area contributed by atoms with Gasteiger partial charge in [0, 0.05) is 12.5 Å². The molecule has 3 heteroatoms. The van der Waals surface area contributed by atoms with Crippen molar-refractivity contribution in [2.24, 2.45) is 11.3 Å². The van der Waals surface area contributed by atoms with Gasteiger partial charge in [0.25, 0.3) is 0 Å². The van der Waals surface area contributed by atoms with E-state index in [1.54, 1.807) is 0 Å². The van der Waals surface area contributed by atoms with E-state index in [9.17, 15) is 15.3 Å². The zero-order valence-electron chi connectivity index (χ0n) is 14.8. The first-order valence-electron chi connectivity index (χ1n) is 8.88. The van der Waals surface area contributed by atoms with E-state index in [4.69, 9.17) is 0 Å². The number of rotatable bonds is 2.